The highest BCUT2D eigenvalue weighted by Crippen LogP contribution is 2.48. The second-order valence-corrected chi connectivity index (χ2v) is 11.6. The van der Waals surface area contributed by atoms with Crippen molar-refractivity contribution >= 4 is 28.6 Å². The molecule has 1 saturated heterocycles. The monoisotopic (exact) mass is 481 g/mol. The van der Waals surface area contributed by atoms with Gasteiger partial charge >= 0.3 is 0 Å². The lowest BCUT2D eigenvalue weighted by Gasteiger charge is -2.42. The summed E-state index contributed by atoms with van der Waals surface area (Å²) in [5.41, 5.74) is 4.73. The maximum Gasteiger partial charge on any atom is 0.256 e. The molecule has 3 fully saturated rings. The van der Waals surface area contributed by atoms with Crippen LogP contribution in [-0.2, 0) is 16.6 Å². The molecule has 7 heteroatoms. The molecule has 3 heterocycles. The van der Waals surface area contributed by atoms with Crippen molar-refractivity contribution in [3.05, 3.63) is 53.7 Å². The minimum atomic E-state index is -0.539. The molecule has 2 aliphatic heterocycles. The lowest BCUT2D eigenvalue weighted by atomic mass is 9.94. The summed E-state index contributed by atoms with van der Waals surface area (Å²) in [7, 11) is 1.94. The molecule has 0 radical (unpaired) electrons. The van der Waals surface area contributed by atoms with E-state index in [2.05, 4.69) is 49.4 Å². The highest BCUT2D eigenvalue weighted by molar-refractivity contribution is 6.17. The highest BCUT2D eigenvalue weighted by Gasteiger charge is 2.58. The zero-order valence-corrected chi connectivity index (χ0v) is 21.1. The fourth-order valence-electron chi connectivity index (χ4n) is 5.87. The third-order valence-electron chi connectivity index (χ3n) is 8.59. The van der Waals surface area contributed by atoms with Crippen molar-refractivity contribution in [1.82, 2.24) is 19.6 Å². The molecule has 4 aliphatic rings. The van der Waals surface area contributed by atoms with Crippen LogP contribution in [0.15, 0.2) is 47.6 Å². The lowest BCUT2D eigenvalue weighted by molar-refractivity contribution is -0.143. The molecule has 2 saturated carbocycles. The second-order valence-electron chi connectivity index (χ2n) is 11.6. The smallest absolute Gasteiger partial charge is 0.256 e. The molecular formula is C29H31N5O2. The van der Waals surface area contributed by atoms with Crippen molar-refractivity contribution < 1.29 is 9.59 Å². The molecule has 36 heavy (non-hydrogen) atoms. The number of rotatable bonds is 5. The summed E-state index contributed by atoms with van der Waals surface area (Å²) >= 11 is 0. The third kappa shape index (κ3) is 3.25. The molecule has 2 aromatic carbocycles. The van der Waals surface area contributed by atoms with Gasteiger partial charge in [0.15, 0.2) is 0 Å². The van der Waals surface area contributed by atoms with Crippen LogP contribution in [0, 0.1) is 18.3 Å². The zero-order valence-electron chi connectivity index (χ0n) is 21.1. The molecule has 2 amide bonds. The first-order valence-corrected chi connectivity index (χ1v) is 13.0. The molecule has 0 unspecified atom stereocenters. The van der Waals surface area contributed by atoms with E-state index in [4.69, 9.17) is 4.99 Å². The van der Waals surface area contributed by atoms with Crippen LogP contribution in [0.2, 0.25) is 0 Å². The number of amides is 2. The Hall–Kier alpha value is -3.48. The second kappa shape index (κ2) is 7.28. The number of hydrogen-bond donors (Lipinski definition) is 0. The van der Waals surface area contributed by atoms with Gasteiger partial charge in [0.25, 0.3) is 5.91 Å². The number of nitrogens with zero attached hydrogens (tertiary/aromatic N) is 5. The van der Waals surface area contributed by atoms with E-state index >= 15 is 0 Å². The third-order valence-corrected chi connectivity index (χ3v) is 8.59. The van der Waals surface area contributed by atoms with Gasteiger partial charge in [-0.3, -0.25) is 24.2 Å². The minimum Gasteiger partial charge on any atom is -0.341 e. The minimum absolute atomic E-state index is 0.127. The van der Waals surface area contributed by atoms with Crippen molar-refractivity contribution in [2.45, 2.75) is 45.1 Å². The lowest BCUT2D eigenvalue weighted by Crippen LogP contribution is -2.56. The number of aryl methyl sites for hydroxylation is 2. The predicted molar refractivity (Wildman–Crippen MR) is 139 cm³/mol. The van der Waals surface area contributed by atoms with Gasteiger partial charge in [-0.2, -0.15) is 5.10 Å². The normalized spacial score (nSPS) is 21.8. The van der Waals surface area contributed by atoms with Crippen LogP contribution in [-0.4, -0.2) is 62.4 Å². The molecule has 2 aliphatic carbocycles. The first-order chi connectivity index (χ1) is 17.3. The highest BCUT2D eigenvalue weighted by atomic mass is 16.2. The first kappa shape index (κ1) is 21.8. The summed E-state index contributed by atoms with van der Waals surface area (Å²) in [6.07, 6.45) is 5.73. The standard InChI is InChI=1S/C29H31N5O2/c1-18-13-20(22-5-4-6-24-23(22)17-32(3)31-24)7-8-21(18)25-30-29(11-12-29)27(36)34(25)16-19-14-33(15-19)26(35)28(2)9-10-28/h4-8,13,17,19H,9-12,14-16H2,1-3H3. The molecule has 7 rings (SSSR count). The van der Waals surface area contributed by atoms with E-state index in [1.807, 2.05) is 33.7 Å². The van der Waals surface area contributed by atoms with Crippen LogP contribution in [0.25, 0.3) is 22.0 Å². The van der Waals surface area contributed by atoms with Gasteiger partial charge in [0, 0.05) is 55.2 Å². The average molecular weight is 482 g/mol. The fourth-order valence-corrected chi connectivity index (χ4v) is 5.87. The number of carbonyl (C=O) groups excluding carboxylic acids is 2. The molecule has 7 nitrogen and oxygen atoms in total. The summed E-state index contributed by atoms with van der Waals surface area (Å²) in [4.78, 5) is 34.9. The van der Waals surface area contributed by atoms with Crippen molar-refractivity contribution in [1.29, 1.82) is 0 Å². The summed E-state index contributed by atoms with van der Waals surface area (Å²) in [5.74, 6) is 1.54. The van der Waals surface area contributed by atoms with Crippen molar-refractivity contribution in [3.63, 3.8) is 0 Å². The number of fused-ring (bicyclic) bond motifs is 1. The van der Waals surface area contributed by atoms with Gasteiger partial charge < -0.3 is 4.90 Å². The topological polar surface area (TPSA) is 70.8 Å². The van der Waals surface area contributed by atoms with Gasteiger partial charge in [-0.15, -0.1) is 0 Å². The van der Waals surface area contributed by atoms with E-state index in [1.54, 1.807) is 0 Å². The number of likely N-dealkylation sites (tertiary alicyclic amines) is 1. The average Bonchev–Trinajstić information content (AvgIpc) is 3.71. The number of hydrogen-bond acceptors (Lipinski definition) is 4. The van der Waals surface area contributed by atoms with Gasteiger partial charge in [-0.1, -0.05) is 37.3 Å². The maximum absolute atomic E-state index is 13.4. The van der Waals surface area contributed by atoms with E-state index in [0.29, 0.717) is 12.5 Å². The van der Waals surface area contributed by atoms with E-state index in [9.17, 15) is 9.59 Å². The number of aliphatic imine (C=N–C) groups is 1. The quantitative estimate of drug-likeness (QED) is 0.555. The van der Waals surface area contributed by atoms with Crippen LogP contribution < -0.4 is 0 Å². The summed E-state index contributed by atoms with van der Waals surface area (Å²) in [5, 5.41) is 5.67. The molecular weight excluding hydrogens is 450 g/mol. The SMILES string of the molecule is Cc1cc(-c2cccc3nn(C)cc23)ccc1C1=NC2(CC2)C(=O)N1CC1CN(C(=O)C2(C)CC2)C1. The Balaban J connectivity index is 1.15. The Morgan fingerprint density at radius 2 is 1.86 bits per heavy atom. The predicted octanol–water partition coefficient (Wildman–Crippen LogP) is 3.93. The van der Waals surface area contributed by atoms with Gasteiger partial charge in [0.2, 0.25) is 5.91 Å². The Kier molecular flexibility index (Phi) is 4.40. The Morgan fingerprint density at radius 3 is 2.56 bits per heavy atom. The van der Waals surface area contributed by atoms with Crippen LogP contribution >= 0.6 is 0 Å². The zero-order chi connectivity index (χ0) is 24.8. The van der Waals surface area contributed by atoms with Gasteiger partial charge in [0.1, 0.15) is 11.4 Å². The van der Waals surface area contributed by atoms with Crippen molar-refractivity contribution in [3.8, 4) is 11.1 Å². The molecule has 0 N–H and O–H groups in total. The largest absolute Gasteiger partial charge is 0.341 e. The fraction of sp³-hybridized carbons (Fsp3) is 0.448. The molecule has 0 bridgehead atoms. The molecule has 1 aromatic heterocycles. The Labute approximate surface area is 210 Å². The Bertz CT molecular complexity index is 1470. The molecule has 0 atom stereocenters. The van der Waals surface area contributed by atoms with Gasteiger partial charge in [0.05, 0.1) is 5.52 Å². The summed E-state index contributed by atoms with van der Waals surface area (Å²) < 4.78 is 1.85. The first-order valence-electron chi connectivity index (χ1n) is 13.0. The van der Waals surface area contributed by atoms with E-state index < -0.39 is 5.54 Å². The number of amidine groups is 1. The van der Waals surface area contributed by atoms with Crippen LogP contribution in [0.1, 0.15) is 43.7 Å². The molecule has 3 aromatic rings. The van der Waals surface area contributed by atoms with Crippen LogP contribution in [0.4, 0.5) is 0 Å². The van der Waals surface area contributed by atoms with Gasteiger partial charge in [-0.25, -0.2) is 0 Å². The number of aromatic nitrogens is 2. The number of benzene rings is 2. The Morgan fingerprint density at radius 1 is 1.08 bits per heavy atom. The van der Waals surface area contributed by atoms with E-state index in [0.717, 1.165) is 77.8 Å². The molecule has 184 valence electrons. The van der Waals surface area contributed by atoms with Crippen molar-refractivity contribution in [2.24, 2.45) is 23.4 Å². The van der Waals surface area contributed by atoms with Crippen LogP contribution in [0.3, 0.4) is 0 Å². The number of carbonyl (C=O) groups is 2. The summed E-state index contributed by atoms with van der Waals surface area (Å²) in [6.45, 7) is 6.29. The van der Waals surface area contributed by atoms with E-state index in [-0.39, 0.29) is 17.2 Å². The van der Waals surface area contributed by atoms with E-state index in [1.165, 1.54) is 0 Å². The summed E-state index contributed by atoms with van der Waals surface area (Å²) in [6, 6.07) is 12.7. The van der Waals surface area contributed by atoms with Crippen molar-refractivity contribution in [2.75, 3.05) is 19.6 Å². The maximum atomic E-state index is 13.4. The van der Waals surface area contributed by atoms with Gasteiger partial charge in [-0.05, 0) is 55.4 Å². The molecule has 1 spiro atoms. The van der Waals surface area contributed by atoms with Crippen LogP contribution in [0.5, 0.6) is 0 Å².